The number of methoxy groups -OCH3 is 1. The second-order valence-electron chi connectivity index (χ2n) is 5.50. The van der Waals surface area contributed by atoms with Gasteiger partial charge in [0, 0.05) is 34.3 Å². The van der Waals surface area contributed by atoms with Gasteiger partial charge in [0.2, 0.25) is 5.88 Å². The van der Waals surface area contributed by atoms with Crippen LogP contribution < -0.4 is 4.74 Å². The molecule has 0 bridgehead atoms. The van der Waals surface area contributed by atoms with Crippen molar-refractivity contribution in [2.75, 3.05) is 7.11 Å². The Morgan fingerprint density at radius 2 is 1.92 bits per heavy atom. The minimum absolute atomic E-state index is 0.521. The molecule has 1 atom stereocenters. The van der Waals surface area contributed by atoms with Crippen molar-refractivity contribution in [1.82, 2.24) is 15.0 Å². The van der Waals surface area contributed by atoms with Gasteiger partial charge in [-0.1, -0.05) is 30.3 Å². The van der Waals surface area contributed by atoms with E-state index in [-0.39, 0.29) is 0 Å². The van der Waals surface area contributed by atoms with Crippen LogP contribution in [0.1, 0.15) is 16.5 Å². The Kier molecular flexibility index (Phi) is 4.13. The monoisotopic (exact) mass is 349 g/mol. The topological polar surface area (TPSA) is 68.1 Å². The molecule has 1 aromatic carbocycles. The van der Waals surface area contributed by atoms with Crippen LogP contribution in [0.3, 0.4) is 0 Å². The van der Waals surface area contributed by atoms with Crippen molar-refractivity contribution in [3.63, 3.8) is 0 Å². The van der Waals surface area contributed by atoms with E-state index in [1.165, 1.54) is 11.3 Å². The number of benzene rings is 1. The molecular formula is C19H15N3O2S. The quantitative estimate of drug-likeness (QED) is 0.606. The van der Waals surface area contributed by atoms with E-state index in [0.717, 1.165) is 26.2 Å². The van der Waals surface area contributed by atoms with Crippen molar-refractivity contribution in [3.8, 4) is 17.3 Å². The first-order chi connectivity index (χ1) is 12.2. The Hall–Kier alpha value is -2.83. The molecule has 6 heteroatoms. The van der Waals surface area contributed by atoms with Gasteiger partial charge in [0.1, 0.15) is 10.9 Å². The van der Waals surface area contributed by atoms with Crippen LogP contribution in [0.5, 0.6) is 5.88 Å². The third-order valence-corrected chi connectivity index (χ3v) is 4.98. The molecule has 3 heterocycles. The fourth-order valence-corrected chi connectivity index (χ4v) is 3.60. The van der Waals surface area contributed by atoms with Crippen LogP contribution in [-0.4, -0.2) is 27.2 Å². The van der Waals surface area contributed by atoms with Crippen LogP contribution >= 0.6 is 11.3 Å². The number of aliphatic hydroxyl groups excluding tert-OH is 1. The second-order valence-corrected chi connectivity index (χ2v) is 6.57. The van der Waals surface area contributed by atoms with E-state index >= 15 is 0 Å². The predicted molar refractivity (Wildman–Crippen MR) is 97.7 cm³/mol. The van der Waals surface area contributed by atoms with Crippen LogP contribution in [0.2, 0.25) is 0 Å². The summed E-state index contributed by atoms with van der Waals surface area (Å²) in [6.45, 7) is 0. The molecule has 5 nitrogen and oxygen atoms in total. The van der Waals surface area contributed by atoms with Crippen molar-refractivity contribution in [1.29, 1.82) is 0 Å². The summed E-state index contributed by atoms with van der Waals surface area (Å²) >= 11 is 1.47. The van der Waals surface area contributed by atoms with Gasteiger partial charge in [-0.25, -0.2) is 15.0 Å². The zero-order valence-electron chi connectivity index (χ0n) is 13.5. The van der Waals surface area contributed by atoms with Gasteiger partial charge in [0.15, 0.2) is 5.82 Å². The molecule has 0 aliphatic carbocycles. The normalized spacial score (nSPS) is 12.2. The average molecular weight is 349 g/mol. The summed E-state index contributed by atoms with van der Waals surface area (Å²) in [5, 5.41) is 11.5. The van der Waals surface area contributed by atoms with Gasteiger partial charge < -0.3 is 9.84 Å². The molecule has 0 spiro atoms. The third kappa shape index (κ3) is 3.09. The van der Waals surface area contributed by atoms with Crippen molar-refractivity contribution in [2.24, 2.45) is 0 Å². The van der Waals surface area contributed by atoms with E-state index in [2.05, 4.69) is 15.0 Å². The van der Waals surface area contributed by atoms with Crippen molar-refractivity contribution < 1.29 is 9.84 Å². The van der Waals surface area contributed by atoms with Gasteiger partial charge >= 0.3 is 0 Å². The molecule has 0 saturated heterocycles. The summed E-state index contributed by atoms with van der Waals surface area (Å²) in [5.74, 6) is 1.13. The van der Waals surface area contributed by atoms with Crippen molar-refractivity contribution in [2.45, 2.75) is 6.10 Å². The van der Waals surface area contributed by atoms with Crippen LogP contribution in [-0.2, 0) is 0 Å². The molecule has 4 aromatic rings. The zero-order valence-corrected chi connectivity index (χ0v) is 14.3. The summed E-state index contributed by atoms with van der Waals surface area (Å²) in [6, 6.07) is 15.2. The van der Waals surface area contributed by atoms with Crippen LogP contribution in [0, 0.1) is 0 Å². The third-order valence-electron chi connectivity index (χ3n) is 3.88. The number of hydrogen-bond acceptors (Lipinski definition) is 6. The molecule has 124 valence electrons. The Balaban J connectivity index is 1.72. The highest BCUT2D eigenvalue weighted by Gasteiger charge is 2.15. The van der Waals surface area contributed by atoms with Gasteiger partial charge in [-0.3, -0.25) is 0 Å². The summed E-state index contributed by atoms with van der Waals surface area (Å²) < 4.78 is 5.15. The van der Waals surface area contributed by atoms with Gasteiger partial charge in [0.05, 0.1) is 7.11 Å². The van der Waals surface area contributed by atoms with Crippen molar-refractivity contribution >= 4 is 21.6 Å². The summed E-state index contributed by atoms with van der Waals surface area (Å²) in [6.07, 6.45) is 2.79. The predicted octanol–water partition coefficient (Wildman–Crippen LogP) is 3.84. The molecule has 1 unspecified atom stereocenters. The first-order valence-electron chi connectivity index (χ1n) is 7.74. The number of hydrogen-bond donors (Lipinski definition) is 1. The summed E-state index contributed by atoms with van der Waals surface area (Å²) in [5.41, 5.74) is 1.70. The lowest BCUT2D eigenvalue weighted by molar-refractivity contribution is 0.224. The van der Waals surface area contributed by atoms with Gasteiger partial charge in [0.25, 0.3) is 0 Å². The first kappa shape index (κ1) is 15.7. The van der Waals surface area contributed by atoms with Crippen LogP contribution in [0.15, 0.2) is 60.9 Å². The molecule has 25 heavy (non-hydrogen) atoms. The number of nitrogens with zero attached hydrogens (tertiary/aromatic N) is 3. The number of rotatable bonds is 4. The zero-order chi connectivity index (χ0) is 17.2. The fraction of sp³-hybridized carbons (Fsp3) is 0.105. The van der Waals surface area contributed by atoms with Crippen LogP contribution in [0.25, 0.3) is 21.6 Å². The Morgan fingerprint density at radius 1 is 1.08 bits per heavy atom. The number of ether oxygens (including phenoxy) is 1. The maximum Gasteiger partial charge on any atom is 0.213 e. The lowest BCUT2D eigenvalue weighted by atomic mass is 10.1. The highest BCUT2D eigenvalue weighted by atomic mass is 32.1. The standard InChI is InChI=1S/C19H15N3O2S/c1-24-16-10-13(7-8-20-16)18-21-11-14-9-15(25-19(14)22-18)17(23)12-5-3-2-4-6-12/h2-11,17,23H,1H3. The van der Waals surface area contributed by atoms with E-state index in [1.54, 1.807) is 25.6 Å². The number of pyridine rings is 1. The first-order valence-corrected chi connectivity index (χ1v) is 8.56. The average Bonchev–Trinajstić information content (AvgIpc) is 3.11. The van der Waals surface area contributed by atoms with Gasteiger partial charge in [-0.2, -0.15) is 0 Å². The van der Waals surface area contributed by atoms with Crippen molar-refractivity contribution in [3.05, 3.63) is 71.4 Å². The number of aliphatic hydroxyl groups is 1. The smallest absolute Gasteiger partial charge is 0.213 e. The van der Waals surface area contributed by atoms with Gasteiger partial charge in [-0.05, 0) is 17.7 Å². The molecular weight excluding hydrogens is 334 g/mol. The molecule has 1 N–H and O–H groups in total. The fourth-order valence-electron chi connectivity index (χ4n) is 2.58. The summed E-state index contributed by atoms with van der Waals surface area (Å²) in [7, 11) is 1.58. The minimum atomic E-state index is -0.662. The molecule has 4 rings (SSSR count). The molecule has 0 amide bonds. The Labute approximate surface area is 148 Å². The molecule has 0 aliphatic rings. The van der Waals surface area contributed by atoms with E-state index in [9.17, 15) is 5.11 Å². The number of thiophene rings is 1. The van der Waals surface area contributed by atoms with E-state index < -0.39 is 6.10 Å². The lowest BCUT2D eigenvalue weighted by Crippen LogP contribution is -1.95. The minimum Gasteiger partial charge on any atom is -0.481 e. The highest BCUT2D eigenvalue weighted by Crippen LogP contribution is 2.33. The molecule has 0 radical (unpaired) electrons. The van der Waals surface area contributed by atoms with E-state index in [4.69, 9.17) is 4.74 Å². The molecule has 0 aliphatic heterocycles. The largest absolute Gasteiger partial charge is 0.481 e. The Bertz CT molecular complexity index is 1020. The molecule has 0 fully saturated rings. The SMILES string of the molecule is COc1cc(-c2ncc3cc(C(O)c4ccccc4)sc3n2)ccn1. The van der Waals surface area contributed by atoms with Gasteiger partial charge in [-0.15, -0.1) is 11.3 Å². The van der Waals surface area contributed by atoms with E-state index in [1.807, 2.05) is 42.5 Å². The molecule has 0 saturated carbocycles. The lowest BCUT2D eigenvalue weighted by Gasteiger charge is -2.07. The highest BCUT2D eigenvalue weighted by molar-refractivity contribution is 7.18. The maximum absolute atomic E-state index is 10.6. The number of aromatic nitrogens is 3. The Morgan fingerprint density at radius 3 is 2.72 bits per heavy atom. The summed E-state index contributed by atoms with van der Waals surface area (Å²) in [4.78, 5) is 14.8. The maximum atomic E-state index is 10.6. The van der Waals surface area contributed by atoms with E-state index in [0.29, 0.717) is 11.7 Å². The second kappa shape index (κ2) is 6.58. The number of fused-ring (bicyclic) bond motifs is 1. The molecule has 3 aromatic heterocycles. The van der Waals surface area contributed by atoms with Crippen LogP contribution in [0.4, 0.5) is 0 Å².